The summed E-state index contributed by atoms with van der Waals surface area (Å²) < 4.78 is 22.4. The molecule has 90 valence electrons. The van der Waals surface area contributed by atoms with E-state index in [2.05, 4.69) is 0 Å². The molecular weight excluding hydrogens is 214 g/mol. The fraction of sp³-hybridized carbons (Fsp3) is 0.900. The molecule has 0 aromatic heterocycles. The zero-order chi connectivity index (χ0) is 12.1. The van der Waals surface area contributed by atoms with Crippen LogP contribution in [0.1, 0.15) is 27.2 Å². The highest BCUT2D eigenvalue weighted by atomic mass is 32.2. The zero-order valence-electron chi connectivity index (χ0n) is 9.69. The summed E-state index contributed by atoms with van der Waals surface area (Å²) >= 11 is 0. The smallest absolute Gasteiger partial charge is 0.150 e. The maximum Gasteiger partial charge on any atom is 0.150 e. The molecule has 0 aromatic carbocycles. The van der Waals surface area contributed by atoms with Crippen LogP contribution in [0.5, 0.6) is 0 Å². The Balaban J connectivity index is 4.25. The Kier molecular flexibility index (Phi) is 6.05. The first kappa shape index (κ1) is 14.6. The molecule has 1 unspecified atom stereocenters. The first-order chi connectivity index (χ1) is 6.84. The molecule has 0 saturated heterocycles. The highest BCUT2D eigenvalue weighted by Crippen LogP contribution is 2.13. The van der Waals surface area contributed by atoms with Gasteiger partial charge >= 0.3 is 0 Å². The lowest BCUT2D eigenvalue weighted by atomic mass is 9.90. The average Bonchev–Trinajstić information content (AvgIpc) is 2.15. The van der Waals surface area contributed by atoms with Crippen LogP contribution in [0, 0.1) is 11.8 Å². The van der Waals surface area contributed by atoms with E-state index in [1.54, 1.807) is 6.92 Å². The minimum atomic E-state index is -3.04. The van der Waals surface area contributed by atoms with Crippen LogP contribution in [-0.4, -0.2) is 32.3 Å². The molecule has 15 heavy (non-hydrogen) atoms. The van der Waals surface area contributed by atoms with Crippen LogP contribution in [0.3, 0.4) is 0 Å². The van der Waals surface area contributed by atoms with Crippen molar-refractivity contribution < 1.29 is 13.2 Å². The van der Waals surface area contributed by atoms with Crippen LogP contribution in [0.15, 0.2) is 0 Å². The molecular formula is C10H21NO3S. The molecule has 1 atom stereocenters. The molecule has 0 spiro atoms. The third-order valence-electron chi connectivity index (χ3n) is 2.57. The molecule has 2 N–H and O–H groups in total. The van der Waals surface area contributed by atoms with Crippen molar-refractivity contribution in [3.05, 3.63) is 0 Å². The summed E-state index contributed by atoms with van der Waals surface area (Å²) in [4.78, 5) is 11.6. The lowest BCUT2D eigenvalue weighted by molar-refractivity contribution is -0.123. The number of hydrogen-bond acceptors (Lipinski definition) is 4. The highest BCUT2D eigenvalue weighted by molar-refractivity contribution is 7.91. The van der Waals surface area contributed by atoms with E-state index in [9.17, 15) is 13.2 Å². The minimum Gasteiger partial charge on any atom is -0.330 e. The van der Waals surface area contributed by atoms with E-state index in [1.165, 1.54) is 0 Å². The number of nitrogens with two attached hydrogens (primary N) is 1. The predicted octanol–water partition coefficient (Wildman–Crippen LogP) is 0.611. The molecule has 0 aliphatic rings. The number of Topliss-reactive ketones (excluding diaryl/α,β-unsaturated/α-hetero) is 1. The van der Waals surface area contributed by atoms with Crippen LogP contribution in [0.4, 0.5) is 0 Å². The molecule has 0 aromatic rings. The lowest BCUT2D eigenvalue weighted by Gasteiger charge is -2.17. The average molecular weight is 235 g/mol. The Morgan fingerprint density at radius 2 is 1.87 bits per heavy atom. The van der Waals surface area contributed by atoms with Crippen molar-refractivity contribution >= 4 is 15.6 Å². The van der Waals surface area contributed by atoms with Gasteiger partial charge < -0.3 is 5.73 Å². The molecule has 0 amide bonds. The summed E-state index contributed by atoms with van der Waals surface area (Å²) in [6.07, 6.45) is 0.0935. The molecule has 0 fully saturated rings. The van der Waals surface area contributed by atoms with E-state index >= 15 is 0 Å². The topological polar surface area (TPSA) is 77.2 Å². The van der Waals surface area contributed by atoms with Gasteiger partial charge in [-0.2, -0.15) is 0 Å². The summed E-state index contributed by atoms with van der Waals surface area (Å²) in [5.74, 6) is -0.0331. The second-order valence-electron chi connectivity index (χ2n) is 4.04. The van der Waals surface area contributed by atoms with Crippen LogP contribution in [-0.2, 0) is 14.6 Å². The van der Waals surface area contributed by atoms with Crippen molar-refractivity contribution in [2.75, 3.05) is 18.1 Å². The molecule has 0 aliphatic carbocycles. The first-order valence-electron chi connectivity index (χ1n) is 5.27. The van der Waals surface area contributed by atoms with Crippen LogP contribution in [0.25, 0.3) is 0 Å². The van der Waals surface area contributed by atoms with Crippen LogP contribution >= 0.6 is 0 Å². The van der Waals surface area contributed by atoms with E-state index in [0.29, 0.717) is 6.54 Å². The van der Waals surface area contributed by atoms with E-state index < -0.39 is 9.84 Å². The number of sulfone groups is 1. The fourth-order valence-electron chi connectivity index (χ4n) is 1.36. The van der Waals surface area contributed by atoms with E-state index in [-0.39, 0.29) is 35.5 Å². The van der Waals surface area contributed by atoms with Crippen molar-refractivity contribution in [2.24, 2.45) is 17.6 Å². The normalized spacial score (nSPS) is 14.2. The van der Waals surface area contributed by atoms with Gasteiger partial charge in [-0.1, -0.05) is 20.8 Å². The van der Waals surface area contributed by atoms with Gasteiger partial charge in [0.2, 0.25) is 0 Å². The minimum absolute atomic E-state index is 0.0375. The van der Waals surface area contributed by atoms with Gasteiger partial charge in [-0.15, -0.1) is 0 Å². The second-order valence-corrected chi connectivity index (χ2v) is 6.51. The van der Waals surface area contributed by atoms with Gasteiger partial charge in [0.05, 0.1) is 5.75 Å². The number of ketones is 1. The van der Waals surface area contributed by atoms with Crippen molar-refractivity contribution in [1.82, 2.24) is 0 Å². The zero-order valence-corrected chi connectivity index (χ0v) is 10.5. The van der Waals surface area contributed by atoms with Gasteiger partial charge in [0, 0.05) is 24.6 Å². The monoisotopic (exact) mass is 235 g/mol. The van der Waals surface area contributed by atoms with Gasteiger partial charge in [-0.25, -0.2) is 8.42 Å². The molecule has 0 rings (SSSR count). The maximum atomic E-state index is 11.6. The summed E-state index contributed by atoms with van der Waals surface area (Å²) in [6.45, 7) is 5.72. The van der Waals surface area contributed by atoms with E-state index in [1.807, 2.05) is 13.8 Å². The number of rotatable bonds is 7. The molecule has 0 heterocycles. The predicted molar refractivity (Wildman–Crippen MR) is 61.3 cm³/mol. The lowest BCUT2D eigenvalue weighted by Crippen LogP contribution is -2.29. The van der Waals surface area contributed by atoms with Crippen molar-refractivity contribution in [3.8, 4) is 0 Å². The largest absolute Gasteiger partial charge is 0.330 e. The van der Waals surface area contributed by atoms with Gasteiger partial charge in [-0.05, 0) is 5.92 Å². The third-order valence-corrected chi connectivity index (χ3v) is 4.28. The molecule has 0 saturated carbocycles. The Morgan fingerprint density at radius 1 is 1.33 bits per heavy atom. The van der Waals surface area contributed by atoms with Crippen LogP contribution < -0.4 is 5.73 Å². The number of carbonyl (C=O) groups is 1. The van der Waals surface area contributed by atoms with Crippen molar-refractivity contribution in [3.63, 3.8) is 0 Å². The summed E-state index contributed by atoms with van der Waals surface area (Å²) in [6, 6.07) is 0. The molecule has 5 heteroatoms. The molecule has 0 bridgehead atoms. The van der Waals surface area contributed by atoms with Crippen molar-refractivity contribution in [1.29, 1.82) is 0 Å². The SMILES string of the molecule is CCS(=O)(=O)CCC(=O)C(CN)C(C)C. The Morgan fingerprint density at radius 3 is 2.20 bits per heavy atom. The highest BCUT2D eigenvalue weighted by Gasteiger charge is 2.21. The number of hydrogen-bond donors (Lipinski definition) is 1. The van der Waals surface area contributed by atoms with Crippen molar-refractivity contribution in [2.45, 2.75) is 27.2 Å². The molecule has 0 aliphatic heterocycles. The van der Waals surface area contributed by atoms with Crippen LogP contribution in [0.2, 0.25) is 0 Å². The van der Waals surface area contributed by atoms with Gasteiger partial charge in [0.15, 0.2) is 0 Å². The van der Waals surface area contributed by atoms with E-state index in [4.69, 9.17) is 5.73 Å². The molecule has 0 radical (unpaired) electrons. The third kappa shape index (κ3) is 5.28. The van der Waals surface area contributed by atoms with Gasteiger partial charge in [0.25, 0.3) is 0 Å². The maximum absolute atomic E-state index is 11.6. The van der Waals surface area contributed by atoms with Gasteiger partial charge in [-0.3, -0.25) is 4.79 Å². The van der Waals surface area contributed by atoms with Gasteiger partial charge in [0.1, 0.15) is 15.6 Å². The Hall–Kier alpha value is -0.420. The summed E-state index contributed by atoms with van der Waals surface area (Å²) in [5.41, 5.74) is 5.48. The number of carbonyl (C=O) groups excluding carboxylic acids is 1. The fourth-order valence-corrected chi connectivity index (χ4v) is 2.16. The first-order valence-corrected chi connectivity index (χ1v) is 7.09. The Labute approximate surface area is 92.2 Å². The summed E-state index contributed by atoms with van der Waals surface area (Å²) in [7, 11) is -3.04. The second kappa shape index (κ2) is 6.23. The van der Waals surface area contributed by atoms with E-state index in [0.717, 1.165) is 0 Å². The Bertz CT molecular complexity index is 296. The summed E-state index contributed by atoms with van der Waals surface area (Å²) in [5, 5.41) is 0. The standard InChI is InChI=1S/C10H21NO3S/c1-4-15(13,14)6-5-10(12)9(7-11)8(2)3/h8-9H,4-7,11H2,1-3H3. The molecule has 4 nitrogen and oxygen atoms in total. The quantitative estimate of drug-likeness (QED) is 0.701.